The van der Waals surface area contributed by atoms with E-state index in [0.717, 1.165) is 83.5 Å². The fraction of sp³-hybridized carbons (Fsp3) is 0.761. The predicted molar refractivity (Wildman–Crippen MR) is 350 cm³/mol. The first-order valence-corrected chi connectivity index (χ1v) is 35.1. The van der Waals surface area contributed by atoms with Crippen molar-refractivity contribution >= 4 is 13.7 Å². The summed E-state index contributed by atoms with van der Waals surface area (Å²) in [7, 11) is 1.57. The van der Waals surface area contributed by atoms with Crippen LogP contribution in [0.3, 0.4) is 0 Å². The van der Waals surface area contributed by atoms with E-state index in [0.29, 0.717) is 17.4 Å². The van der Waals surface area contributed by atoms with Crippen molar-refractivity contribution in [2.45, 2.75) is 309 Å². The molecule has 0 radical (unpaired) electrons. The fourth-order valence-electron chi connectivity index (χ4n) is 9.61. The minimum absolute atomic E-state index is 0.0594. The van der Waals surface area contributed by atoms with Crippen molar-refractivity contribution < 1.29 is 32.9 Å². The highest BCUT2D eigenvalue weighted by Crippen LogP contribution is 2.43. The molecule has 0 bridgehead atoms. The van der Waals surface area contributed by atoms with E-state index in [1.54, 1.807) is 6.08 Å². The highest BCUT2D eigenvalue weighted by atomic mass is 31.2. The van der Waals surface area contributed by atoms with E-state index in [1.165, 1.54) is 193 Å². The van der Waals surface area contributed by atoms with Crippen molar-refractivity contribution in [2.75, 3.05) is 40.9 Å². The average molecular weight is 1140 g/mol. The highest BCUT2D eigenvalue weighted by Gasteiger charge is 2.28. The molecule has 0 aliphatic heterocycles. The molecule has 1 amide bonds. The van der Waals surface area contributed by atoms with Crippen LogP contribution in [0.4, 0.5) is 0 Å². The molecule has 9 heteroatoms. The summed E-state index contributed by atoms with van der Waals surface area (Å²) >= 11 is 0. The number of carbonyl (C=O) groups excluding carboxylic acids is 1. The number of aliphatic hydroxyl groups is 1. The van der Waals surface area contributed by atoms with Gasteiger partial charge in [0, 0.05) is 6.42 Å². The molecule has 0 aliphatic carbocycles. The number of allylic oxidation sites excluding steroid dienone is 15. The van der Waals surface area contributed by atoms with Crippen molar-refractivity contribution in [1.29, 1.82) is 0 Å². The average Bonchev–Trinajstić information content (AvgIpc) is 3.42. The Kier molecular flexibility index (Phi) is 59.0. The van der Waals surface area contributed by atoms with Crippen LogP contribution in [0.15, 0.2) is 97.2 Å². The number of hydrogen-bond acceptors (Lipinski definition) is 5. The Morgan fingerprint density at radius 1 is 0.438 bits per heavy atom. The molecule has 0 heterocycles. The normalized spacial score (nSPS) is 14.3. The van der Waals surface area contributed by atoms with Gasteiger partial charge in [-0.1, -0.05) is 310 Å². The number of nitrogens with zero attached hydrogens (tertiary/aromatic N) is 1. The van der Waals surface area contributed by atoms with E-state index in [1.807, 2.05) is 27.2 Å². The molecule has 80 heavy (non-hydrogen) atoms. The summed E-state index contributed by atoms with van der Waals surface area (Å²) < 4.78 is 23.8. The number of likely N-dealkylation sites (N-methyl/N-ethyl adjacent to an activating group) is 1. The van der Waals surface area contributed by atoms with Crippen molar-refractivity contribution in [3.63, 3.8) is 0 Å². The second-order valence-electron chi connectivity index (χ2n) is 23.8. The monoisotopic (exact) mass is 1140 g/mol. The number of amides is 1. The summed E-state index contributed by atoms with van der Waals surface area (Å²) in [6.07, 6.45) is 88.2. The zero-order chi connectivity index (χ0) is 58.4. The molecule has 0 aliphatic rings. The van der Waals surface area contributed by atoms with Gasteiger partial charge in [-0.3, -0.25) is 13.8 Å². The standard InChI is InChI=1S/C71H129N2O6P/c1-6-8-10-12-14-16-18-20-22-24-26-28-29-30-31-32-33-34-35-36-37-38-39-40-41-42-43-45-47-49-51-53-55-57-59-61-63-65-71(75)72-69(68-79-80(76,77)78-67-66-73(3,4)5)70(74)64-62-60-58-56-54-52-50-48-46-44-27-25-23-21-19-17-15-13-11-9-7-2/h8,10,14,16,20,22,26,28,30-31,33-34,36-37,62,64,69-70,74H,6-7,9,11-13,15,17-19,21,23-25,27,29,32,35,38-61,63,65-68H2,1-5H3,(H-,72,75,76,77)/p+1/b10-8-,16-14-,22-20-,28-26-,31-30-,34-33-,37-36-,64-62+. The van der Waals surface area contributed by atoms with Crippen LogP contribution in [0.2, 0.25) is 0 Å². The number of quaternary nitrogens is 1. The number of unbranched alkanes of at least 4 members (excludes halogenated alkanes) is 34. The van der Waals surface area contributed by atoms with E-state index in [-0.39, 0.29) is 19.1 Å². The topological polar surface area (TPSA) is 105 Å². The van der Waals surface area contributed by atoms with Gasteiger partial charge in [0.05, 0.1) is 39.9 Å². The van der Waals surface area contributed by atoms with E-state index in [4.69, 9.17) is 9.05 Å². The molecule has 0 spiro atoms. The first-order chi connectivity index (χ1) is 39.0. The molecule has 0 rings (SSSR count). The molecule has 0 saturated carbocycles. The second kappa shape index (κ2) is 61.0. The Hall–Kier alpha value is -2.58. The third-order valence-electron chi connectivity index (χ3n) is 14.8. The molecule has 464 valence electrons. The van der Waals surface area contributed by atoms with Crippen LogP contribution in [-0.4, -0.2) is 73.4 Å². The molecular formula is C71H130N2O6P+. The fourth-order valence-corrected chi connectivity index (χ4v) is 10.3. The second-order valence-corrected chi connectivity index (χ2v) is 25.3. The van der Waals surface area contributed by atoms with Gasteiger partial charge in [-0.05, 0) is 77.0 Å². The molecule has 0 aromatic heterocycles. The maximum Gasteiger partial charge on any atom is 0.472 e. The van der Waals surface area contributed by atoms with Gasteiger partial charge in [-0.15, -0.1) is 0 Å². The number of rotatable bonds is 61. The largest absolute Gasteiger partial charge is 0.472 e. The third-order valence-corrected chi connectivity index (χ3v) is 15.8. The lowest BCUT2D eigenvalue weighted by molar-refractivity contribution is -0.870. The maximum atomic E-state index is 13.0. The minimum atomic E-state index is -4.36. The van der Waals surface area contributed by atoms with E-state index < -0.39 is 20.0 Å². The van der Waals surface area contributed by atoms with E-state index in [2.05, 4.69) is 104 Å². The number of carbonyl (C=O) groups is 1. The Morgan fingerprint density at radius 2 is 0.750 bits per heavy atom. The molecule has 3 atom stereocenters. The summed E-state index contributed by atoms with van der Waals surface area (Å²) in [5.41, 5.74) is 0. The van der Waals surface area contributed by atoms with E-state index >= 15 is 0 Å². The third kappa shape index (κ3) is 63.0. The van der Waals surface area contributed by atoms with Gasteiger partial charge >= 0.3 is 7.82 Å². The van der Waals surface area contributed by atoms with Crippen LogP contribution in [0.1, 0.15) is 296 Å². The van der Waals surface area contributed by atoms with Gasteiger partial charge in [0.1, 0.15) is 13.2 Å². The van der Waals surface area contributed by atoms with Crippen molar-refractivity contribution in [3.8, 4) is 0 Å². The highest BCUT2D eigenvalue weighted by molar-refractivity contribution is 7.47. The molecule has 3 N–H and O–H groups in total. The number of aliphatic hydroxyl groups excluding tert-OH is 1. The zero-order valence-corrected chi connectivity index (χ0v) is 53.9. The Labute approximate surface area is 496 Å². The van der Waals surface area contributed by atoms with Gasteiger partial charge in [0.25, 0.3) is 0 Å². The predicted octanol–water partition coefficient (Wildman–Crippen LogP) is 21.3. The number of phosphoric acid groups is 1. The summed E-state index contributed by atoms with van der Waals surface area (Å²) in [6.45, 7) is 4.73. The van der Waals surface area contributed by atoms with Crippen LogP contribution in [0, 0.1) is 0 Å². The summed E-state index contributed by atoms with van der Waals surface area (Å²) in [5, 5.41) is 14.0. The first kappa shape index (κ1) is 77.4. The Morgan fingerprint density at radius 3 is 1.10 bits per heavy atom. The lowest BCUT2D eigenvalue weighted by Gasteiger charge is -2.25. The summed E-state index contributed by atoms with van der Waals surface area (Å²) in [6, 6.07) is -0.852. The van der Waals surface area contributed by atoms with E-state index in [9.17, 15) is 19.4 Å². The zero-order valence-electron chi connectivity index (χ0n) is 53.0. The van der Waals surface area contributed by atoms with Crippen LogP contribution < -0.4 is 5.32 Å². The van der Waals surface area contributed by atoms with Crippen LogP contribution in [0.5, 0.6) is 0 Å². The smallest absolute Gasteiger partial charge is 0.387 e. The summed E-state index contributed by atoms with van der Waals surface area (Å²) in [5.74, 6) is -0.177. The lowest BCUT2D eigenvalue weighted by atomic mass is 10.0. The maximum absolute atomic E-state index is 13.0. The number of nitrogens with one attached hydrogen (secondary N) is 1. The molecule has 0 aromatic carbocycles. The molecule has 0 fully saturated rings. The Bertz CT molecular complexity index is 1620. The molecular weight excluding hydrogens is 1010 g/mol. The number of hydrogen-bond donors (Lipinski definition) is 3. The Balaban J connectivity index is 4.07. The molecule has 0 aromatic rings. The molecule has 0 saturated heterocycles. The summed E-state index contributed by atoms with van der Waals surface area (Å²) in [4.78, 5) is 23.4. The van der Waals surface area contributed by atoms with Gasteiger partial charge in [-0.25, -0.2) is 4.57 Å². The molecule has 8 nitrogen and oxygen atoms in total. The van der Waals surface area contributed by atoms with Gasteiger partial charge in [-0.2, -0.15) is 0 Å². The van der Waals surface area contributed by atoms with Gasteiger partial charge in [0.2, 0.25) is 5.91 Å². The minimum Gasteiger partial charge on any atom is -0.387 e. The van der Waals surface area contributed by atoms with Crippen molar-refractivity contribution in [1.82, 2.24) is 5.32 Å². The SMILES string of the molecule is CC/C=C\C/C=C\C/C=C\C/C=C\C/C=C\C/C=C\C/C=C\CCCCCCCCCCCCCCCCCC(=O)NC(COP(=O)(O)OCC[N+](C)(C)C)C(O)/C=C/CCCCCCCCCCCCCCCCCCCCC. The van der Waals surface area contributed by atoms with Crippen molar-refractivity contribution in [2.24, 2.45) is 0 Å². The van der Waals surface area contributed by atoms with Crippen LogP contribution in [0.25, 0.3) is 0 Å². The van der Waals surface area contributed by atoms with Crippen LogP contribution >= 0.6 is 7.82 Å². The van der Waals surface area contributed by atoms with Gasteiger partial charge < -0.3 is 19.8 Å². The van der Waals surface area contributed by atoms with Crippen LogP contribution in [-0.2, 0) is 18.4 Å². The first-order valence-electron chi connectivity index (χ1n) is 33.6. The van der Waals surface area contributed by atoms with Crippen molar-refractivity contribution in [3.05, 3.63) is 97.2 Å². The van der Waals surface area contributed by atoms with Gasteiger partial charge in [0.15, 0.2) is 0 Å². The molecule has 3 unspecified atom stereocenters. The number of phosphoric ester groups is 1. The lowest BCUT2D eigenvalue weighted by Crippen LogP contribution is -2.45. The quantitative estimate of drug-likeness (QED) is 0.0243.